The van der Waals surface area contributed by atoms with Crippen LogP contribution in [0.4, 0.5) is 11.5 Å². The number of nitrogens with zero attached hydrogens (tertiary/aromatic N) is 4. The molecule has 1 aliphatic rings. The molecule has 5 rings (SSSR count). The largest absolute Gasteiger partial charge is 0.377 e. The van der Waals surface area contributed by atoms with Gasteiger partial charge in [0, 0.05) is 50.0 Å². The van der Waals surface area contributed by atoms with Crippen LogP contribution in [-0.2, 0) is 6.42 Å². The first-order valence-corrected chi connectivity index (χ1v) is 11.5. The van der Waals surface area contributed by atoms with Crippen molar-refractivity contribution >= 4 is 34.2 Å². The summed E-state index contributed by atoms with van der Waals surface area (Å²) in [4.78, 5) is 21.2. The van der Waals surface area contributed by atoms with E-state index in [2.05, 4.69) is 63.8 Å². The summed E-state index contributed by atoms with van der Waals surface area (Å²) in [5, 5.41) is 2.28. The number of carbonyl (C=O) groups is 1. The minimum Gasteiger partial charge on any atom is -0.377 e. The Hall–Kier alpha value is -3.34. The topological polar surface area (TPSA) is 40.9 Å². The number of benzene rings is 2. The summed E-state index contributed by atoms with van der Waals surface area (Å²) < 4.78 is 2.12. The summed E-state index contributed by atoms with van der Waals surface area (Å²) in [6.45, 7) is 4.15. The molecule has 0 spiro atoms. The number of aromatic nitrogens is 2. The first-order chi connectivity index (χ1) is 15.6. The number of hydrogen-bond donors (Lipinski definition) is 0. The summed E-state index contributed by atoms with van der Waals surface area (Å²) >= 11 is 0. The first-order valence-electron chi connectivity index (χ1n) is 11.5. The molecule has 3 heterocycles. The molecule has 2 aromatic carbocycles. The van der Waals surface area contributed by atoms with Crippen LogP contribution in [-0.4, -0.2) is 42.9 Å². The zero-order chi connectivity index (χ0) is 22.2. The third-order valence-electron chi connectivity index (χ3n) is 6.87. The number of anilines is 2. The van der Waals surface area contributed by atoms with Crippen molar-refractivity contribution in [2.24, 2.45) is 0 Å². The molecule has 0 N–H and O–H groups in total. The Bertz CT molecular complexity index is 1280. The Labute approximate surface area is 189 Å². The maximum Gasteiger partial charge on any atom is 0.150 e. The van der Waals surface area contributed by atoms with Gasteiger partial charge in [-0.15, -0.1) is 0 Å². The third-order valence-corrected chi connectivity index (χ3v) is 6.87. The molecule has 0 radical (unpaired) electrons. The quantitative estimate of drug-likeness (QED) is 0.406. The van der Waals surface area contributed by atoms with Gasteiger partial charge in [0.2, 0.25) is 0 Å². The molecule has 1 fully saturated rings. The van der Waals surface area contributed by atoms with Gasteiger partial charge >= 0.3 is 0 Å². The third kappa shape index (κ3) is 3.52. The van der Waals surface area contributed by atoms with Gasteiger partial charge in [0.1, 0.15) is 11.5 Å². The number of imidazole rings is 1. The number of pyridine rings is 1. The maximum absolute atomic E-state index is 11.8. The average molecular weight is 427 g/mol. The highest BCUT2D eigenvalue weighted by molar-refractivity contribution is 6.06. The number of rotatable bonds is 5. The van der Waals surface area contributed by atoms with Crippen LogP contribution in [0.15, 0.2) is 54.9 Å². The van der Waals surface area contributed by atoms with Gasteiger partial charge in [0.05, 0.1) is 6.20 Å². The van der Waals surface area contributed by atoms with E-state index in [4.69, 9.17) is 4.98 Å². The van der Waals surface area contributed by atoms with Gasteiger partial charge in [-0.2, -0.15) is 0 Å². The van der Waals surface area contributed by atoms with Crippen LogP contribution in [0.5, 0.6) is 0 Å². The van der Waals surface area contributed by atoms with Crippen LogP contribution >= 0.6 is 0 Å². The lowest BCUT2D eigenvalue weighted by molar-refractivity contribution is 0.112. The van der Waals surface area contributed by atoms with Gasteiger partial charge < -0.3 is 14.2 Å². The van der Waals surface area contributed by atoms with E-state index in [0.29, 0.717) is 5.92 Å². The maximum atomic E-state index is 11.8. The number of carbonyl (C=O) groups excluding carboxylic acids is 1. The van der Waals surface area contributed by atoms with Crippen molar-refractivity contribution in [3.8, 4) is 0 Å². The Balaban J connectivity index is 1.42. The molecule has 0 atom stereocenters. The summed E-state index contributed by atoms with van der Waals surface area (Å²) in [6.07, 6.45) is 8.42. The van der Waals surface area contributed by atoms with Crippen molar-refractivity contribution in [1.82, 2.24) is 9.38 Å². The van der Waals surface area contributed by atoms with Crippen molar-refractivity contribution in [2.45, 2.75) is 32.1 Å². The fraction of sp³-hybridized carbons (Fsp3) is 0.333. The Morgan fingerprint density at radius 1 is 1.12 bits per heavy atom. The van der Waals surface area contributed by atoms with Crippen LogP contribution in [0.2, 0.25) is 0 Å². The Morgan fingerprint density at radius 3 is 2.66 bits per heavy atom. The molecule has 2 aromatic heterocycles. The van der Waals surface area contributed by atoms with E-state index in [1.54, 1.807) is 0 Å². The van der Waals surface area contributed by atoms with Crippen LogP contribution in [0, 0.1) is 0 Å². The molecule has 1 saturated heterocycles. The molecular formula is C27H30N4O. The fourth-order valence-corrected chi connectivity index (χ4v) is 5.07. The highest BCUT2D eigenvalue weighted by atomic mass is 16.1. The van der Waals surface area contributed by atoms with Crippen LogP contribution in [0.25, 0.3) is 16.4 Å². The van der Waals surface area contributed by atoms with Gasteiger partial charge in [-0.1, -0.05) is 31.2 Å². The van der Waals surface area contributed by atoms with Gasteiger partial charge in [0.25, 0.3) is 0 Å². The van der Waals surface area contributed by atoms with Crippen LogP contribution in [0.1, 0.15) is 47.2 Å². The van der Waals surface area contributed by atoms with Crippen molar-refractivity contribution in [3.05, 3.63) is 71.5 Å². The van der Waals surface area contributed by atoms with Crippen LogP contribution in [0.3, 0.4) is 0 Å². The molecule has 164 valence electrons. The van der Waals surface area contributed by atoms with E-state index >= 15 is 0 Å². The van der Waals surface area contributed by atoms with E-state index in [1.165, 1.54) is 16.5 Å². The van der Waals surface area contributed by atoms with Crippen molar-refractivity contribution in [1.29, 1.82) is 0 Å². The number of fused-ring (bicyclic) bond motifs is 2. The van der Waals surface area contributed by atoms with E-state index in [-0.39, 0.29) is 0 Å². The van der Waals surface area contributed by atoms with E-state index in [9.17, 15) is 4.79 Å². The molecule has 0 unspecified atom stereocenters. The molecule has 0 saturated carbocycles. The highest BCUT2D eigenvalue weighted by Gasteiger charge is 2.24. The van der Waals surface area contributed by atoms with Gasteiger partial charge in [-0.3, -0.25) is 4.79 Å². The molecule has 0 bridgehead atoms. The zero-order valence-electron chi connectivity index (χ0n) is 19.1. The number of aldehydes is 1. The van der Waals surface area contributed by atoms with Gasteiger partial charge in [-0.25, -0.2) is 4.98 Å². The minimum absolute atomic E-state index is 0.482. The van der Waals surface area contributed by atoms with E-state index < -0.39 is 0 Å². The number of hydrogen-bond acceptors (Lipinski definition) is 4. The molecule has 1 aliphatic heterocycles. The molecule has 0 aliphatic carbocycles. The lowest BCUT2D eigenvalue weighted by Crippen LogP contribution is -2.33. The molecule has 4 aromatic rings. The smallest absolute Gasteiger partial charge is 0.150 e. The second-order valence-electron chi connectivity index (χ2n) is 8.97. The molecule has 5 nitrogen and oxygen atoms in total. The number of piperidine rings is 1. The van der Waals surface area contributed by atoms with E-state index in [0.717, 1.165) is 66.7 Å². The van der Waals surface area contributed by atoms with Crippen LogP contribution < -0.4 is 9.80 Å². The fourth-order valence-electron chi connectivity index (χ4n) is 5.07. The summed E-state index contributed by atoms with van der Waals surface area (Å²) in [5.41, 5.74) is 5.56. The molecule has 5 heteroatoms. The minimum atomic E-state index is 0.482. The number of aryl methyl sites for hydroxylation is 1. The predicted molar refractivity (Wildman–Crippen MR) is 132 cm³/mol. The zero-order valence-corrected chi connectivity index (χ0v) is 19.1. The molecular weight excluding hydrogens is 396 g/mol. The molecule has 0 amide bonds. The highest BCUT2D eigenvalue weighted by Crippen LogP contribution is 2.38. The summed E-state index contributed by atoms with van der Waals surface area (Å²) in [5.74, 6) is 1.54. The standard InChI is InChI=1S/C27H30N4O/c1-4-19-10-13-31-17-26(28-25(31)16-19)30-14-11-20(12-15-30)22-8-9-24(29(2)3)27-21(18-32)6-5-7-23(22)27/h5-10,13,16-18,20H,4,11-12,14-15H2,1-3H3. The first kappa shape index (κ1) is 20.6. The predicted octanol–water partition coefficient (Wildman–Crippen LogP) is 5.31. The monoisotopic (exact) mass is 426 g/mol. The Morgan fingerprint density at radius 2 is 1.94 bits per heavy atom. The van der Waals surface area contributed by atoms with Crippen molar-refractivity contribution in [2.75, 3.05) is 37.0 Å². The lowest BCUT2D eigenvalue weighted by atomic mass is 9.85. The SMILES string of the molecule is CCc1ccn2cc(N3CCC(c4ccc(N(C)C)c5c(C=O)cccc45)CC3)nc2c1. The summed E-state index contributed by atoms with van der Waals surface area (Å²) in [7, 11) is 4.07. The van der Waals surface area contributed by atoms with Crippen molar-refractivity contribution < 1.29 is 4.79 Å². The van der Waals surface area contributed by atoms with Gasteiger partial charge in [0.15, 0.2) is 6.29 Å². The normalized spacial score (nSPS) is 14.9. The Kier molecular flexibility index (Phi) is 5.33. The summed E-state index contributed by atoms with van der Waals surface area (Å²) in [6, 6.07) is 14.9. The average Bonchev–Trinajstić information content (AvgIpc) is 3.26. The molecule has 32 heavy (non-hydrogen) atoms. The van der Waals surface area contributed by atoms with Crippen molar-refractivity contribution in [3.63, 3.8) is 0 Å². The van der Waals surface area contributed by atoms with E-state index in [1.807, 2.05) is 26.2 Å². The second kappa shape index (κ2) is 8.30. The second-order valence-corrected chi connectivity index (χ2v) is 8.97. The van der Waals surface area contributed by atoms with Gasteiger partial charge in [-0.05, 0) is 59.9 Å². The lowest BCUT2D eigenvalue weighted by Gasteiger charge is -2.33.